The summed E-state index contributed by atoms with van der Waals surface area (Å²) in [5, 5.41) is 0.367. The number of rotatable bonds is 5. The Bertz CT molecular complexity index is 988. The van der Waals surface area contributed by atoms with Gasteiger partial charge in [-0.3, -0.25) is 14.6 Å². The van der Waals surface area contributed by atoms with Crippen molar-refractivity contribution in [2.45, 2.75) is 50.7 Å². The van der Waals surface area contributed by atoms with Gasteiger partial charge in [-0.2, -0.15) is 13.2 Å². The number of primary amides is 2. The van der Waals surface area contributed by atoms with Gasteiger partial charge in [0.05, 0.1) is 16.3 Å². The zero-order valence-electron chi connectivity index (χ0n) is 16.7. The number of aromatic nitrogens is 2. The first-order valence-corrected chi connectivity index (χ1v) is 10.0. The van der Waals surface area contributed by atoms with Crippen molar-refractivity contribution in [2.24, 2.45) is 11.5 Å². The molecule has 3 rings (SSSR count). The highest BCUT2D eigenvalue weighted by atomic mass is 32.1. The molecule has 7 nitrogen and oxygen atoms in total. The zero-order chi connectivity index (χ0) is 22.5. The van der Waals surface area contributed by atoms with Crippen LogP contribution >= 0.6 is 11.3 Å². The summed E-state index contributed by atoms with van der Waals surface area (Å²) in [5.41, 5.74) is 8.16. The van der Waals surface area contributed by atoms with Crippen molar-refractivity contribution in [1.29, 1.82) is 0 Å². The van der Waals surface area contributed by atoms with Gasteiger partial charge in [0, 0.05) is 12.7 Å². The monoisotopic (exact) mass is 441 g/mol. The molecule has 2 aromatic heterocycles. The van der Waals surface area contributed by atoms with E-state index in [-0.39, 0.29) is 12.1 Å². The predicted molar refractivity (Wildman–Crippen MR) is 107 cm³/mol. The Labute approximate surface area is 175 Å². The van der Waals surface area contributed by atoms with Gasteiger partial charge in [-0.1, -0.05) is 11.3 Å². The summed E-state index contributed by atoms with van der Waals surface area (Å²) in [6, 6.07) is 2.98. The van der Waals surface area contributed by atoms with Crippen LogP contribution < -0.4 is 16.4 Å². The van der Waals surface area contributed by atoms with E-state index in [4.69, 9.17) is 11.5 Å². The standard InChI is InChI=1S/C19H22F3N5O2S/c1-10-13(11-5-7-25-12(9-11)17(2,3)19(20,21)22)30-16(26-10)27-8-4-6-18(27,14(23)28)15(24)29/h5,7,9H,4,6,8H2,1-3H3,(H2,23,28)(H2,24,29). The lowest BCUT2D eigenvalue weighted by Gasteiger charge is -2.32. The van der Waals surface area contributed by atoms with Gasteiger partial charge in [-0.15, -0.1) is 0 Å². The molecule has 11 heteroatoms. The Kier molecular flexibility index (Phi) is 5.30. The summed E-state index contributed by atoms with van der Waals surface area (Å²) in [5.74, 6) is -1.69. The van der Waals surface area contributed by atoms with E-state index in [0.717, 1.165) is 25.2 Å². The fourth-order valence-electron chi connectivity index (χ4n) is 3.54. The van der Waals surface area contributed by atoms with E-state index in [1.807, 2.05) is 0 Å². The lowest BCUT2D eigenvalue weighted by atomic mass is 9.87. The fraction of sp³-hybridized carbons (Fsp3) is 0.474. The summed E-state index contributed by atoms with van der Waals surface area (Å²) < 4.78 is 40.3. The number of hydrogen-bond acceptors (Lipinski definition) is 6. The number of alkyl halides is 3. The van der Waals surface area contributed by atoms with Crippen LogP contribution in [0.15, 0.2) is 18.3 Å². The van der Waals surface area contributed by atoms with Crippen LogP contribution in [0.4, 0.5) is 18.3 Å². The number of anilines is 1. The molecule has 3 heterocycles. The summed E-state index contributed by atoms with van der Waals surface area (Å²) in [6.07, 6.45) is -2.43. The van der Waals surface area contributed by atoms with Crippen molar-refractivity contribution in [2.75, 3.05) is 11.4 Å². The molecule has 0 radical (unpaired) electrons. The highest BCUT2D eigenvalue weighted by Crippen LogP contribution is 2.43. The number of thiazole rings is 1. The van der Waals surface area contributed by atoms with Gasteiger partial charge in [-0.25, -0.2) is 4.98 Å². The van der Waals surface area contributed by atoms with E-state index in [9.17, 15) is 22.8 Å². The third-order valence-corrected chi connectivity index (χ3v) is 6.81. The Morgan fingerprint density at radius 3 is 2.43 bits per heavy atom. The molecular formula is C19H22F3N5O2S. The zero-order valence-corrected chi connectivity index (χ0v) is 17.5. The van der Waals surface area contributed by atoms with Crippen LogP contribution in [0.1, 0.15) is 38.1 Å². The molecule has 1 saturated heterocycles. The molecule has 0 unspecified atom stereocenters. The lowest BCUT2D eigenvalue weighted by molar-refractivity contribution is -0.181. The van der Waals surface area contributed by atoms with Gasteiger partial charge >= 0.3 is 6.18 Å². The molecule has 1 aliphatic heterocycles. The quantitative estimate of drug-likeness (QED) is 0.692. The molecule has 0 atom stereocenters. The molecule has 2 amide bonds. The molecule has 0 spiro atoms. The smallest absolute Gasteiger partial charge is 0.367 e. The molecule has 2 aromatic rings. The highest BCUT2D eigenvalue weighted by molar-refractivity contribution is 7.19. The Morgan fingerprint density at radius 1 is 1.23 bits per heavy atom. The minimum absolute atomic E-state index is 0.119. The minimum atomic E-state index is -4.47. The van der Waals surface area contributed by atoms with Crippen LogP contribution in [-0.2, 0) is 15.0 Å². The lowest BCUT2D eigenvalue weighted by Crippen LogP contribution is -2.62. The van der Waals surface area contributed by atoms with Crippen LogP contribution in [0, 0.1) is 6.92 Å². The second kappa shape index (κ2) is 7.22. The van der Waals surface area contributed by atoms with Crippen molar-refractivity contribution in [3.8, 4) is 10.4 Å². The van der Waals surface area contributed by atoms with Crippen molar-refractivity contribution in [1.82, 2.24) is 9.97 Å². The van der Waals surface area contributed by atoms with Crippen molar-refractivity contribution in [3.63, 3.8) is 0 Å². The molecule has 0 bridgehead atoms. The van der Waals surface area contributed by atoms with E-state index >= 15 is 0 Å². The van der Waals surface area contributed by atoms with Crippen LogP contribution in [0.2, 0.25) is 0 Å². The molecule has 4 N–H and O–H groups in total. The largest absolute Gasteiger partial charge is 0.399 e. The van der Waals surface area contributed by atoms with Gasteiger partial charge in [0.25, 0.3) is 11.8 Å². The average Bonchev–Trinajstić information content (AvgIpc) is 3.25. The molecule has 30 heavy (non-hydrogen) atoms. The second-order valence-electron chi connectivity index (χ2n) is 7.81. The molecule has 1 aliphatic rings. The van der Waals surface area contributed by atoms with Gasteiger partial charge in [0.2, 0.25) is 0 Å². The van der Waals surface area contributed by atoms with Gasteiger partial charge in [0.1, 0.15) is 5.41 Å². The van der Waals surface area contributed by atoms with Crippen LogP contribution in [0.25, 0.3) is 10.4 Å². The van der Waals surface area contributed by atoms with E-state index in [2.05, 4.69) is 9.97 Å². The Morgan fingerprint density at radius 2 is 1.87 bits per heavy atom. The van der Waals surface area contributed by atoms with Crippen molar-refractivity contribution >= 4 is 28.3 Å². The molecule has 0 aliphatic carbocycles. The summed E-state index contributed by atoms with van der Waals surface area (Å²) in [7, 11) is 0. The van der Waals surface area contributed by atoms with Crippen LogP contribution in [-0.4, -0.2) is 40.0 Å². The number of amides is 2. The summed E-state index contributed by atoms with van der Waals surface area (Å²) in [6.45, 7) is 4.21. The topological polar surface area (TPSA) is 115 Å². The SMILES string of the molecule is Cc1nc(N2CCCC2(C(N)=O)C(N)=O)sc1-c1ccnc(C(C)(C)C(F)(F)F)c1. The number of aryl methyl sites for hydroxylation is 1. The number of nitrogens with zero attached hydrogens (tertiary/aromatic N) is 3. The first-order chi connectivity index (χ1) is 13.8. The third kappa shape index (κ3) is 3.30. The maximum Gasteiger partial charge on any atom is 0.399 e. The van der Waals surface area contributed by atoms with Gasteiger partial charge in [0.15, 0.2) is 10.7 Å². The number of hydrogen-bond donors (Lipinski definition) is 2. The second-order valence-corrected chi connectivity index (χ2v) is 8.78. The van der Waals surface area contributed by atoms with Gasteiger partial charge in [-0.05, 0) is 51.3 Å². The average molecular weight is 441 g/mol. The Hall–Kier alpha value is -2.69. The first-order valence-electron chi connectivity index (χ1n) is 9.21. The minimum Gasteiger partial charge on any atom is -0.367 e. The van der Waals surface area contributed by atoms with E-state index in [1.165, 1.54) is 17.2 Å². The van der Waals surface area contributed by atoms with Crippen molar-refractivity contribution < 1.29 is 22.8 Å². The van der Waals surface area contributed by atoms with E-state index in [1.54, 1.807) is 13.0 Å². The molecule has 162 valence electrons. The van der Waals surface area contributed by atoms with Gasteiger partial charge < -0.3 is 16.4 Å². The fourth-order valence-corrected chi connectivity index (χ4v) is 4.70. The number of halogens is 3. The van der Waals surface area contributed by atoms with E-state index < -0.39 is 28.9 Å². The molecular weight excluding hydrogens is 419 g/mol. The van der Waals surface area contributed by atoms with E-state index in [0.29, 0.717) is 34.2 Å². The number of pyridine rings is 1. The van der Waals surface area contributed by atoms with Crippen LogP contribution in [0.5, 0.6) is 0 Å². The predicted octanol–water partition coefficient (Wildman–Crippen LogP) is 2.66. The maximum atomic E-state index is 13.4. The summed E-state index contributed by atoms with van der Waals surface area (Å²) >= 11 is 1.16. The summed E-state index contributed by atoms with van der Waals surface area (Å²) in [4.78, 5) is 34.7. The third-order valence-electron chi connectivity index (χ3n) is 5.58. The Balaban J connectivity index is 2.05. The maximum absolute atomic E-state index is 13.4. The number of carbonyl (C=O) groups is 2. The number of nitrogens with two attached hydrogens (primary N) is 2. The molecule has 1 fully saturated rings. The highest BCUT2D eigenvalue weighted by Gasteiger charge is 2.53. The first kappa shape index (κ1) is 22.0. The van der Waals surface area contributed by atoms with Crippen LogP contribution in [0.3, 0.4) is 0 Å². The van der Waals surface area contributed by atoms with Crippen molar-refractivity contribution in [3.05, 3.63) is 29.7 Å². The normalized spacial score (nSPS) is 16.7. The molecule has 0 saturated carbocycles. The number of carbonyl (C=O) groups excluding carboxylic acids is 2. The molecule has 0 aromatic carbocycles.